The van der Waals surface area contributed by atoms with Crippen molar-refractivity contribution >= 4 is 6.09 Å². The van der Waals surface area contributed by atoms with Crippen molar-refractivity contribution in [1.82, 2.24) is 4.90 Å². The van der Waals surface area contributed by atoms with E-state index in [1.807, 2.05) is 4.90 Å². The Balaban J connectivity index is 1.89. The van der Waals surface area contributed by atoms with E-state index in [2.05, 4.69) is 0 Å². The largest absolute Gasteiger partial charge is 0.444 e. The summed E-state index contributed by atoms with van der Waals surface area (Å²) in [6.07, 6.45) is 6.78. The van der Waals surface area contributed by atoms with E-state index in [1.165, 1.54) is 19.3 Å². The van der Waals surface area contributed by atoms with Crippen LogP contribution >= 0.6 is 0 Å². The number of ether oxygens (including phenoxy) is 1. The molecular formula is C11H20N2O2. The second kappa shape index (κ2) is 4.84. The molecule has 15 heavy (non-hydrogen) atoms. The number of amides is 1. The standard InChI is InChI=1S/C11H20N2O2/c12-7-6-10-8-13(11(14)15-10)9-4-2-1-3-5-9/h9-10H,1-8,12H2. The predicted molar refractivity (Wildman–Crippen MR) is 57.5 cm³/mol. The lowest BCUT2D eigenvalue weighted by Gasteiger charge is -2.28. The van der Waals surface area contributed by atoms with E-state index in [1.54, 1.807) is 0 Å². The summed E-state index contributed by atoms with van der Waals surface area (Å²) < 4.78 is 5.27. The third-order valence-electron chi connectivity index (χ3n) is 3.41. The number of hydrogen-bond donors (Lipinski definition) is 1. The van der Waals surface area contributed by atoms with Gasteiger partial charge >= 0.3 is 6.09 Å². The van der Waals surface area contributed by atoms with Crippen LogP contribution in [0.5, 0.6) is 0 Å². The van der Waals surface area contributed by atoms with Crippen molar-refractivity contribution in [1.29, 1.82) is 0 Å². The molecule has 86 valence electrons. The van der Waals surface area contributed by atoms with E-state index in [0.717, 1.165) is 25.8 Å². The summed E-state index contributed by atoms with van der Waals surface area (Å²) in [6.45, 7) is 1.34. The van der Waals surface area contributed by atoms with Crippen LogP contribution in [0.25, 0.3) is 0 Å². The van der Waals surface area contributed by atoms with Gasteiger partial charge in [0.05, 0.1) is 6.54 Å². The molecule has 1 unspecified atom stereocenters. The molecule has 2 aliphatic rings. The lowest BCUT2D eigenvalue weighted by Crippen LogP contribution is -2.37. The maximum atomic E-state index is 11.6. The Labute approximate surface area is 90.8 Å². The molecule has 1 amide bonds. The van der Waals surface area contributed by atoms with Crippen LogP contribution in [0.1, 0.15) is 38.5 Å². The molecule has 1 aliphatic carbocycles. The number of nitrogens with two attached hydrogens (primary N) is 1. The smallest absolute Gasteiger partial charge is 0.410 e. The summed E-state index contributed by atoms with van der Waals surface area (Å²) in [5, 5.41) is 0. The highest BCUT2D eigenvalue weighted by molar-refractivity contribution is 5.70. The van der Waals surface area contributed by atoms with Gasteiger partial charge in [-0.25, -0.2) is 4.79 Å². The van der Waals surface area contributed by atoms with Crippen LogP contribution in [0.2, 0.25) is 0 Å². The van der Waals surface area contributed by atoms with Gasteiger partial charge in [-0.1, -0.05) is 19.3 Å². The van der Waals surface area contributed by atoms with Gasteiger partial charge in [0.1, 0.15) is 6.10 Å². The second-order valence-electron chi connectivity index (χ2n) is 4.53. The zero-order valence-corrected chi connectivity index (χ0v) is 9.15. The molecular weight excluding hydrogens is 192 g/mol. The highest BCUT2D eigenvalue weighted by Crippen LogP contribution is 2.26. The van der Waals surface area contributed by atoms with E-state index in [-0.39, 0.29) is 12.2 Å². The first-order valence-corrected chi connectivity index (χ1v) is 5.98. The summed E-state index contributed by atoms with van der Waals surface area (Å²) in [6, 6.07) is 0.425. The van der Waals surface area contributed by atoms with Crippen LogP contribution < -0.4 is 5.73 Å². The fraction of sp³-hybridized carbons (Fsp3) is 0.909. The van der Waals surface area contributed by atoms with Crippen LogP contribution in [-0.2, 0) is 4.74 Å². The summed E-state index contributed by atoms with van der Waals surface area (Å²) in [7, 11) is 0. The molecule has 0 aromatic heterocycles. The van der Waals surface area contributed by atoms with Crippen LogP contribution in [0.15, 0.2) is 0 Å². The predicted octanol–water partition coefficient (Wildman–Crippen LogP) is 1.49. The Hall–Kier alpha value is -0.770. The highest BCUT2D eigenvalue weighted by atomic mass is 16.6. The van der Waals surface area contributed by atoms with Gasteiger partial charge in [-0.05, 0) is 25.8 Å². The SMILES string of the molecule is NCCC1CN(C2CCCCC2)C(=O)O1. The first kappa shape index (κ1) is 10.7. The third kappa shape index (κ3) is 2.43. The maximum absolute atomic E-state index is 11.6. The third-order valence-corrected chi connectivity index (χ3v) is 3.41. The van der Waals surface area contributed by atoms with Gasteiger partial charge in [0.2, 0.25) is 0 Å². The van der Waals surface area contributed by atoms with E-state index >= 15 is 0 Å². The van der Waals surface area contributed by atoms with Crippen molar-refractivity contribution in [2.24, 2.45) is 5.73 Å². The van der Waals surface area contributed by atoms with E-state index < -0.39 is 0 Å². The van der Waals surface area contributed by atoms with Crippen molar-refractivity contribution in [3.05, 3.63) is 0 Å². The van der Waals surface area contributed by atoms with Crippen molar-refractivity contribution in [2.45, 2.75) is 50.7 Å². The minimum Gasteiger partial charge on any atom is -0.444 e. The van der Waals surface area contributed by atoms with Crippen molar-refractivity contribution in [3.63, 3.8) is 0 Å². The molecule has 0 aromatic carbocycles. The molecule has 1 saturated heterocycles. The molecule has 2 fully saturated rings. The number of rotatable bonds is 3. The maximum Gasteiger partial charge on any atom is 0.410 e. The summed E-state index contributed by atoms with van der Waals surface area (Å²) in [4.78, 5) is 13.5. The summed E-state index contributed by atoms with van der Waals surface area (Å²) in [5.41, 5.74) is 5.47. The van der Waals surface area contributed by atoms with E-state index in [0.29, 0.717) is 12.6 Å². The Morgan fingerprint density at radius 1 is 1.33 bits per heavy atom. The minimum absolute atomic E-state index is 0.0319. The molecule has 1 heterocycles. The van der Waals surface area contributed by atoms with E-state index in [9.17, 15) is 4.79 Å². The molecule has 4 nitrogen and oxygen atoms in total. The summed E-state index contributed by atoms with van der Waals surface area (Å²) >= 11 is 0. The Morgan fingerprint density at radius 3 is 2.73 bits per heavy atom. The minimum atomic E-state index is -0.125. The summed E-state index contributed by atoms with van der Waals surface area (Å²) in [5.74, 6) is 0. The Bertz CT molecular complexity index is 227. The highest BCUT2D eigenvalue weighted by Gasteiger charge is 2.35. The number of nitrogens with zero attached hydrogens (tertiary/aromatic N) is 1. The van der Waals surface area contributed by atoms with Crippen LogP contribution in [-0.4, -0.2) is 36.2 Å². The van der Waals surface area contributed by atoms with Gasteiger partial charge in [-0.15, -0.1) is 0 Å². The molecule has 0 bridgehead atoms. The average molecular weight is 212 g/mol. The van der Waals surface area contributed by atoms with Crippen molar-refractivity contribution in [2.75, 3.05) is 13.1 Å². The monoisotopic (exact) mass is 212 g/mol. The fourth-order valence-corrected chi connectivity index (χ4v) is 2.57. The number of carbonyl (C=O) groups excluding carboxylic acids is 1. The lowest BCUT2D eigenvalue weighted by atomic mass is 9.94. The average Bonchev–Trinajstić information content (AvgIpc) is 2.61. The van der Waals surface area contributed by atoms with Crippen molar-refractivity contribution in [3.8, 4) is 0 Å². The van der Waals surface area contributed by atoms with Gasteiger partial charge < -0.3 is 15.4 Å². The lowest BCUT2D eigenvalue weighted by molar-refractivity contribution is 0.122. The molecule has 2 rings (SSSR count). The molecule has 1 aliphatic heterocycles. The zero-order valence-electron chi connectivity index (χ0n) is 9.15. The zero-order chi connectivity index (χ0) is 10.7. The van der Waals surface area contributed by atoms with Gasteiger partial charge in [-0.3, -0.25) is 0 Å². The topological polar surface area (TPSA) is 55.6 Å². The first-order valence-electron chi connectivity index (χ1n) is 5.98. The van der Waals surface area contributed by atoms with Gasteiger partial charge in [0.15, 0.2) is 0 Å². The van der Waals surface area contributed by atoms with Crippen LogP contribution in [0, 0.1) is 0 Å². The van der Waals surface area contributed by atoms with Crippen LogP contribution in [0.3, 0.4) is 0 Å². The first-order chi connectivity index (χ1) is 7.31. The van der Waals surface area contributed by atoms with Gasteiger partial charge in [0.25, 0.3) is 0 Å². The molecule has 0 spiro atoms. The Kier molecular flexibility index (Phi) is 3.46. The molecule has 2 N–H and O–H groups in total. The Morgan fingerprint density at radius 2 is 2.07 bits per heavy atom. The van der Waals surface area contributed by atoms with Gasteiger partial charge in [0, 0.05) is 6.04 Å². The second-order valence-corrected chi connectivity index (χ2v) is 4.53. The molecule has 4 heteroatoms. The number of cyclic esters (lactones) is 1. The molecule has 0 radical (unpaired) electrons. The fourth-order valence-electron chi connectivity index (χ4n) is 2.57. The van der Waals surface area contributed by atoms with Crippen LogP contribution in [0.4, 0.5) is 4.79 Å². The van der Waals surface area contributed by atoms with Gasteiger partial charge in [-0.2, -0.15) is 0 Å². The quantitative estimate of drug-likeness (QED) is 0.771. The molecule has 1 saturated carbocycles. The van der Waals surface area contributed by atoms with Crippen molar-refractivity contribution < 1.29 is 9.53 Å². The number of carbonyl (C=O) groups is 1. The van der Waals surface area contributed by atoms with E-state index in [4.69, 9.17) is 10.5 Å². The molecule has 0 aromatic rings. The molecule has 1 atom stereocenters. The normalized spacial score (nSPS) is 28.2. The number of hydrogen-bond acceptors (Lipinski definition) is 3.